The minimum atomic E-state index is 0.148. The van der Waals surface area contributed by atoms with Crippen LogP contribution in [0.1, 0.15) is 22.3 Å². The number of hydrogen-bond acceptors (Lipinski definition) is 1. The number of rotatable bonds is 0. The van der Waals surface area contributed by atoms with Crippen LogP contribution in [0, 0.1) is 0 Å². The van der Waals surface area contributed by atoms with Crippen molar-refractivity contribution < 1.29 is 4.79 Å². The van der Waals surface area contributed by atoms with Gasteiger partial charge in [0.25, 0.3) is 0 Å². The molecule has 1 aromatic carbocycles. The van der Waals surface area contributed by atoms with Crippen molar-refractivity contribution in [2.24, 2.45) is 0 Å². The Morgan fingerprint density at radius 2 is 2.17 bits per heavy atom. The first kappa shape index (κ1) is 7.56. The van der Waals surface area contributed by atoms with Crippen LogP contribution < -0.4 is 0 Å². The number of carbonyl (C=O) groups is 1. The molecule has 0 aliphatic heterocycles. The van der Waals surface area contributed by atoms with Crippen LogP contribution in [-0.4, -0.2) is 5.78 Å². The number of Topliss-reactive ketones (excluding diaryl/α,β-unsaturated/α-hetero) is 1. The van der Waals surface area contributed by atoms with Crippen molar-refractivity contribution in [3.05, 3.63) is 40.4 Å². The molecule has 0 spiro atoms. The second-order valence-electron chi connectivity index (χ2n) is 2.73. The van der Waals surface area contributed by atoms with Crippen molar-refractivity contribution in [3.8, 4) is 0 Å². The van der Waals surface area contributed by atoms with Gasteiger partial charge >= 0.3 is 0 Å². The molecule has 0 atom stereocenters. The zero-order valence-electron chi connectivity index (χ0n) is 6.38. The summed E-state index contributed by atoms with van der Waals surface area (Å²) in [6, 6.07) is 5.41. The van der Waals surface area contributed by atoms with Gasteiger partial charge in [0.15, 0.2) is 5.78 Å². The van der Waals surface area contributed by atoms with E-state index in [4.69, 9.17) is 11.6 Å². The first-order chi connectivity index (χ1) is 5.79. The van der Waals surface area contributed by atoms with E-state index < -0.39 is 0 Å². The second-order valence-corrected chi connectivity index (χ2v) is 3.14. The number of fused-ring (bicyclic) bond motifs is 1. The van der Waals surface area contributed by atoms with Crippen LogP contribution in [-0.2, 0) is 0 Å². The van der Waals surface area contributed by atoms with Gasteiger partial charge in [-0.15, -0.1) is 0 Å². The lowest BCUT2D eigenvalue weighted by atomic mass is 9.96. The minimum absolute atomic E-state index is 0.148. The maximum Gasteiger partial charge on any atom is 0.167 e. The average Bonchev–Trinajstić information content (AvgIpc) is 2.07. The Balaban J connectivity index is 2.69. The number of hydrogen-bond donors (Lipinski definition) is 0. The van der Waals surface area contributed by atoms with Gasteiger partial charge in [0.05, 0.1) is 0 Å². The van der Waals surface area contributed by atoms with E-state index in [-0.39, 0.29) is 5.78 Å². The van der Waals surface area contributed by atoms with Gasteiger partial charge in [0.1, 0.15) is 0 Å². The number of allylic oxidation sites excluding steroid dienone is 1. The zero-order chi connectivity index (χ0) is 8.55. The van der Waals surface area contributed by atoms with E-state index in [1.54, 1.807) is 12.1 Å². The fourth-order valence-electron chi connectivity index (χ4n) is 1.34. The summed E-state index contributed by atoms with van der Waals surface area (Å²) in [6.45, 7) is 0. The van der Waals surface area contributed by atoms with Crippen molar-refractivity contribution in [2.75, 3.05) is 0 Å². The second kappa shape index (κ2) is 2.76. The molecular formula is C10H7ClO. The third kappa shape index (κ3) is 1.07. The quantitative estimate of drug-likeness (QED) is 0.597. The van der Waals surface area contributed by atoms with Gasteiger partial charge in [0.2, 0.25) is 0 Å². The predicted octanol–water partition coefficient (Wildman–Crippen LogP) is 2.94. The first-order valence-electron chi connectivity index (χ1n) is 3.77. The summed E-state index contributed by atoms with van der Waals surface area (Å²) in [5.74, 6) is 0.148. The molecule has 0 fully saturated rings. The Morgan fingerprint density at radius 3 is 2.92 bits per heavy atom. The third-order valence-electron chi connectivity index (χ3n) is 1.94. The lowest BCUT2D eigenvalue weighted by Crippen LogP contribution is -2.03. The lowest BCUT2D eigenvalue weighted by molar-refractivity contribution is 0.0994. The molecule has 2 heteroatoms. The first-order valence-corrected chi connectivity index (χ1v) is 4.15. The van der Waals surface area contributed by atoms with E-state index >= 15 is 0 Å². The molecule has 0 bridgehead atoms. The molecule has 0 radical (unpaired) electrons. The van der Waals surface area contributed by atoms with Gasteiger partial charge in [-0.05, 0) is 6.07 Å². The van der Waals surface area contributed by atoms with Crippen LogP contribution in [0.15, 0.2) is 24.3 Å². The van der Waals surface area contributed by atoms with Gasteiger partial charge < -0.3 is 0 Å². The summed E-state index contributed by atoms with van der Waals surface area (Å²) in [7, 11) is 0. The molecular weight excluding hydrogens is 172 g/mol. The highest BCUT2D eigenvalue weighted by atomic mass is 35.5. The highest BCUT2D eigenvalue weighted by molar-refractivity contribution is 6.33. The molecule has 2 rings (SSSR count). The molecule has 0 aromatic heterocycles. The lowest BCUT2D eigenvalue weighted by Gasteiger charge is -2.09. The molecule has 1 nitrogen and oxygen atoms in total. The van der Waals surface area contributed by atoms with Crippen molar-refractivity contribution in [2.45, 2.75) is 6.42 Å². The standard InChI is InChI=1S/C10H7ClO/c11-9-5-1-4-8-7(9)3-2-6-10(8)12/h1-5H,6H2. The van der Waals surface area contributed by atoms with Crippen LogP contribution in [0.25, 0.3) is 6.08 Å². The summed E-state index contributed by atoms with van der Waals surface area (Å²) in [6.07, 6.45) is 4.24. The van der Waals surface area contributed by atoms with E-state index in [0.717, 1.165) is 11.1 Å². The highest BCUT2D eigenvalue weighted by Gasteiger charge is 2.13. The number of ketones is 1. The molecule has 0 heterocycles. The van der Waals surface area contributed by atoms with Crippen molar-refractivity contribution in [1.82, 2.24) is 0 Å². The van der Waals surface area contributed by atoms with Crippen LogP contribution in [0.5, 0.6) is 0 Å². The maximum atomic E-state index is 11.3. The summed E-state index contributed by atoms with van der Waals surface area (Å²) < 4.78 is 0. The third-order valence-corrected chi connectivity index (χ3v) is 2.27. The van der Waals surface area contributed by atoms with Gasteiger partial charge in [-0.2, -0.15) is 0 Å². The molecule has 0 unspecified atom stereocenters. The topological polar surface area (TPSA) is 17.1 Å². The van der Waals surface area contributed by atoms with Crippen molar-refractivity contribution in [1.29, 1.82) is 0 Å². The van der Waals surface area contributed by atoms with Crippen molar-refractivity contribution in [3.63, 3.8) is 0 Å². The minimum Gasteiger partial charge on any atom is -0.294 e. The molecule has 0 saturated carbocycles. The maximum absolute atomic E-state index is 11.3. The van der Waals surface area contributed by atoms with Gasteiger partial charge in [-0.25, -0.2) is 0 Å². The van der Waals surface area contributed by atoms with Crippen LogP contribution >= 0.6 is 11.6 Å². The summed E-state index contributed by atoms with van der Waals surface area (Å²) in [5.41, 5.74) is 1.60. The Bertz CT molecular complexity index is 366. The van der Waals surface area contributed by atoms with E-state index in [2.05, 4.69) is 0 Å². The summed E-state index contributed by atoms with van der Waals surface area (Å²) in [4.78, 5) is 11.3. The van der Waals surface area contributed by atoms with Crippen LogP contribution in [0.2, 0.25) is 5.02 Å². The van der Waals surface area contributed by atoms with E-state index in [1.165, 1.54) is 0 Å². The Kier molecular flexibility index (Phi) is 1.74. The zero-order valence-corrected chi connectivity index (χ0v) is 7.14. The molecule has 0 amide bonds. The summed E-state index contributed by atoms with van der Waals surface area (Å²) in [5, 5.41) is 0.650. The van der Waals surface area contributed by atoms with E-state index in [1.807, 2.05) is 18.2 Å². The Hall–Kier alpha value is -1.08. The Morgan fingerprint density at radius 1 is 1.33 bits per heavy atom. The number of benzene rings is 1. The smallest absolute Gasteiger partial charge is 0.167 e. The molecule has 60 valence electrons. The molecule has 12 heavy (non-hydrogen) atoms. The van der Waals surface area contributed by atoms with E-state index in [9.17, 15) is 4.79 Å². The molecule has 0 saturated heterocycles. The molecule has 1 aliphatic rings. The predicted molar refractivity (Wildman–Crippen MR) is 49.4 cm³/mol. The SMILES string of the molecule is O=C1CC=Cc2c(Cl)cccc21. The Labute approximate surface area is 75.7 Å². The van der Waals surface area contributed by atoms with Crippen molar-refractivity contribution >= 4 is 23.5 Å². The normalized spacial score (nSPS) is 14.6. The number of carbonyl (C=O) groups excluding carboxylic acids is 1. The average molecular weight is 179 g/mol. The largest absolute Gasteiger partial charge is 0.294 e. The molecule has 0 N–H and O–H groups in total. The molecule has 1 aliphatic carbocycles. The van der Waals surface area contributed by atoms with Gasteiger partial charge in [0, 0.05) is 22.6 Å². The fraction of sp³-hybridized carbons (Fsp3) is 0.100. The van der Waals surface area contributed by atoms with E-state index in [0.29, 0.717) is 11.4 Å². The number of halogens is 1. The van der Waals surface area contributed by atoms with Crippen LogP contribution in [0.3, 0.4) is 0 Å². The van der Waals surface area contributed by atoms with Crippen LogP contribution in [0.4, 0.5) is 0 Å². The monoisotopic (exact) mass is 178 g/mol. The molecule has 1 aromatic rings. The summed E-state index contributed by atoms with van der Waals surface area (Å²) >= 11 is 5.90. The van der Waals surface area contributed by atoms with Gasteiger partial charge in [-0.3, -0.25) is 4.79 Å². The fourth-order valence-corrected chi connectivity index (χ4v) is 1.58. The highest BCUT2D eigenvalue weighted by Crippen LogP contribution is 2.25. The van der Waals surface area contributed by atoms with Gasteiger partial charge in [-0.1, -0.05) is 35.9 Å².